The van der Waals surface area contributed by atoms with Crippen molar-refractivity contribution in [2.24, 2.45) is 5.92 Å². The molecule has 1 aromatic heterocycles. The molecule has 0 aliphatic heterocycles. The maximum atomic E-state index is 12.0. The van der Waals surface area contributed by atoms with E-state index < -0.39 is 0 Å². The van der Waals surface area contributed by atoms with E-state index in [-0.39, 0.29) is 5.91 Å². The number of carbonyl (C=O) groups is 1. The topological polar surface area (TPSA) is 55.1 Å². The molecule has 0 fully saturated rings. The highest BCUT2D eigenvalue weighted by Crippen LogP contribution is 2.35. The number of hydrogen-bond donors (Lipinski definition) is 2. The summed E-state index contributed by atoms with van der Waals surface area (Å²) in [5, 5.41) is 3.84. The maximum absolute atomic E-state index is 12.0. The second-order valence-electron chi connectivity index (χ2n) is 4.59. The molecule has 0 aliphatic carbocycles. The van der Waals surface area contributed by atoms with Crippen LogP contribution < -0.4 is 11.1 Å². The van der Waals surface area contributed by atoms with Crippen molar-refractivity contribution in [3.8, 4) is 0 Å². The molecule has 0 saturated heterocycles. The number of hydrogen-bond acceptors (Lipinski definition) is 3. The van der Waals surface area contributed by atoms with Crippen molar-refractivity contribution in [2.75, 3.05) is 12.3 Å². The third-order valence-electron chi connectivity index (χ3n) is 2.57. The third kappa shape index (κ3) is 2.67. The Balaban J connectivity index is 2.33. The van der Waals surface area contributed by atoms with E-state index in [0.717, 1.165) is 14.6 Å². The Morgan fingerprint density at radius 3 is 2.89 bits per heavy atom. The van der Waals surface area contributed by atoms with Crippen molar-refractivity contribution in [3.63, 3.8) is 0 Å². The van der Waals surface area contributed by atoms with Crippen LogP contribution in [0.1, 0.15) is 23.5 Å². The van der Waals surface area contributed by atoms with Crippen molar-refractivity contribution in [3.05, 3.63) is 27.5 Å². The van der Waals surface area contributed by atoms with Gasteiger partial charge in [0.25, 0.3) is 5.91 Å². The summed E-state index contributed by atoms with van der Waals surface area (Å²) in [6.45, 7) is 4.79. The first-order valence-electron chi connectivity index (χ1n) is 5.74. The minimum absolute atomic E-state index is 0.0847. The maximum Gasteiger partial charge on any atom is 0.263 e. The zero-order valence-electron chi connectivity index (χ0n) is 10.3. The molecule has 2 aromatic rings. The number of anilines is 1. The number of nitrogens with two attached hydrogens (primary N) is 1. The van der Waals surface area contributed by atoms with Gasteiger partial charge in [0, 0.05) is 21.1 Å². The summed E-state index contributed by atoms with van der Waals surface area (Å²) in [5.41, 5.74) is 6.60. The van der Waals surface area contributed by atoms with Gasteiger partial charge in [-0.1, -0.05) is 35.8 Å². The lowest BCUT2D eigenvalue weighted by Gasteiger charge is -2.06. The van der Waals surface area contributed by atoms with Crippen LogP contribution in [0, 0.1) is 5.92 Å². The van der Waals surface area contributed by atoms with E-state index >= 15 is 0 Å². The molecule has 0 saturated carbocycles. The first kappa shape index (κ1) is 13.4. The lowest BCUT2D eigenvalue weighted by Crippen LogP contribution is -2.27. The molecular formula is C13H15BrN2OS. The fourth-order valence-electron chi connectivity index (χ4n) is 1.64. The first-order chi connectivity index (χ1) is 8.49. The number of benzene rings is 1. The van der Waals surface area contributed by atoms with Gasteiger partial charge in [-0.2, -0.15) is 0 Å². The van der Waals surface area contributed by atoms with Gasteiger partial charge in [0.1, 0.15) is 4.88 Å². The third-order valence-corrected chi connectivity index (χ3v) is 4.23. The molecule has 1 amide bonds. The molecule has 3 N–H and O–H groups in total. The molecule has 0 atom stereocenters. The average Bonchev–Trinajstić information content (AvgIpc) is 2.63. The fourth-order valence-corrected chi connectivity index (χ4v) is 3.23. The highest BCUT2D eigenvalue weighted by atomic mass is 79.9. The van der Waals surface area contributed by atoms with E-state index in [9.17, 15) is 4.79 Å². The lowest BCUT2D eigenvalue weighted by molar-refractivity contribution is 0.0954. The minimum Gasteiger partial charge on any atom is -0.397 e. The van der Waals surface area contributed by atoms with Crippen LogP contribution in [-0.4, -0.2) is 12.5 Å². The SMILES string of the molecule is CC(C)CNC(=O)c1sc2cc(Br)ccc2c1N. The van der Waals surface area contributed by atoms with Crippen molar-refractivity contribution < 1.29 is 4.79 Å². The minimum atomic E-state index is -0.0847. The number of carbonyl (C=O) groups excluding carboxylic acids is 1. The zero-order valence-corrected chi connectivity index (χ0v) is 12.7. The van der Waals surface area contributed by atoms with Crippen LogP contribution >= 0.6 is 27.3 Å². The summed E-state index contributed by atoms with van der Waals surface area (Å²) in [4.78, 5) is 12.6. The molecule has 1 aromatic carbocycles. The highest BCUT2D eigenvalue weighted by Gasteiger charge is 2.16. The van der Waals surface area contributed by atoms with Crippen molar-refractivity contribution in [1.82, 2.24) is 5.32 Å². The van der Waals surface area contributed by atoms with Crippen LogP contribution in [0.4, 0.5) is 5.69 Å². The highest BCUT2D eigenvalue weighted by molar-refractivity contribution is 9.10. The average molecular weight is 327 g/mol. The van der Waals surface area contributed by atoms with Gasteiger partial charge in [-0.05, 0) is 18.1 Å². The summed E-state index contributed by atoms with van der Waals surface area (Å²) in [5.74, 6) is 0.345. The van der Waals surface area contributed by atoms with E-state index in [0.29, 0.717) is 23.0 Å². The van der Waals surface area contributed by atoms with Crippen molar-refractivity contribution in [1.29, 1.82) is 0 Å². The predicted molar refractivity (Wildman–Crippen MR) is 81.1 cm³/mol. The second kappa shape index (κ2) is 5.28. The van der Waals surface area contributed by atoms with Gasteiger partial charge in [0.2, 0.25) is 0 Å². The number of thiophene rings is 1. The van der Waals surface area contributed by atoms with Crippen LogP contribution in [0.25, 0.3) is 10.1 Å². The summed E-state index contributed by atoms with van der Waals surface area (Å²) in [6, 6.07) is 5.85. The monoisotopic (exact) mass is 326 g/mol. The summed E-state index contributed by atoms with van der Waals surface area (Å²) >= 11 is 4.85. The second-order valence-corrected chi connectivity index (χ2v) is 6.56. The van der Waals surface area contributed by atoms with E-state index in [1.165, 1.54) is 11.3 Å². The van der Waals surface area contributed by atoms with Crippen molar-refractivity contribution >= 4 is 48.9 Å². The predicted octanol–water partition coefficient (Wildman–Crippen LogP) is 3.63. The fraction of sp³-hybridized carbons (Fsp3) is 0.308. The Morgan fingerprint density at radius 2 is 2.22 bits per heavy atom. The van der Waals surface area contributed by atoms with Crippen LogP contribution in [0.15, 0.2) is 22.7 Å². The van der Waals surface area contributed by atoms with Gasteiger partial charge >= 0.3 is 0 Å². The summed E-state index contributed by atoms with van der Waals surface area (Å²) in [6.07, 6.45) is 0. The smallest absolute Gasteiger partial charge is 0.263 e. The van der Waals surface area contributed by atoms with Crippen LogP contribution in [0.5, 0.6) is 0 Å². The Bertz CT molecular complexity index is 592. The molecule has 3 nitrogen and oxygen atoms in total. The molecule has 0 spiro atoms. The van der Waals surface area contributed by atoms with Crippen LogP contribution in [0.2, 0.25) is 0 Å². The van der Waals surface area contributed by atoms with E-state index in [1.54, 1.807) is 0 Å². The lowest BCUT2D eigenvalue weighted by atomic mass is 10.2. The van der Waals surface area contributed by atoms with E-state index in [4.69, 9.17) is 5.73 Å². The van der Waals surface area contributed by atoms with E-state index in [2.05, 4.69) is 35.1 Å². The Morgan fingerprint density at radius 1 is 1.50 bits per heavy atom. The normalized spacial score (nSPS) is 11.1. The van der Waals surface area contributed by atoms with Gasteiger partial charge in [-0.3, -0.25) is 4.79 Å². The molecule has 2 rings (SSSR count). The number of nitrogen functional groups attached to an aromatic ring is 1. The molecule has 5 heteroatoms. The molecule has 0 radical (unpaired) electrons. The molecule has 0 aliphatic rings. The molecule has 18 heavy (non-hydrogen) atoms. The van der Waals surface area contributed by atoms with Gasteiger partial charge in [0.15, 0.2) is 0 Å². The summed E-state index contributed by atoms with van der Waals surface area (Å²) in [7, 11) is 0. The number of nitrogens with one attached hydrogen (secondary N) is 1. The first-order valence-corrected chi connectivity index (χ1v) is 7.35. The molecule has 96 valence electrons. The summed E-state index contributed by atoms with van der Waals surface area (Å²) < 4.78 is 2.02. The Kier molecular flexibility index (Phi) is 3.92. The van der Waals surface area contributed by atoms with Crippen LogP contribution in [0.3, 0.4) is 0 Å². The molecule has 0 unspecified atom stereocenters. The Labute approximate surface area is 118 Å². The van der Waals surface area contributed by atoms with Gasteiger partial charge in [-0.15, -0.1) is 11.3 Å². The Hall–Kier alpha value is -1.07. The number of rotatable bonds is 3. The van der Waals surface area contributed by atoms with Crippen LogP contribution in [-0.2, 0) is 0 Å². The molecule has 0 bridgehead atoms. The number of fused-ring (bicyclic) bond motifs is 1. The molecular weight excluding hydrogens is 312 g/mol. The van der Waals surface area contributed by atoms with Crippen molar-refractivity contribution in [2.45, 2.75) is 13.8 Å². The standard InChI is InChI=1S/C13H15BrN2OS/c1-7(2)6-16-13(17)12-11(15)9-4-3-8(14)5-10(9)18-12/h3-5,7H,6,15H2,1-2H3,(H,16,17). The van der Waals surface area contributed by atoms with Gasteiger partial charge in [-0.25, -0.2) is 0 Å². The van der Waals surface area contributed by atoms with Gasteiger partial charge < -0.3 is 11.1 Å². The number of amides is 1. The van der Waals surface area contributed by atoms with Gasteiger partial charge in [0.05, 0.1) is 5.69 Å². The molecule has 1 heterocycles. The zero-order chi connectivity index (χ0) is 13.3. The quantitative estimate of drug-likeness (QED) is 0.904. The largest absolute Gasteiger partial charge is 0.397 e. The van der Waals surface area contributed by atoms with E-state index in [1.807, 2.05) is 18.2 Å². The number of halogens is 1.